The van der Waals surface area contributed by atoms with Crippen LogP contribution in [0.25, 0.3) is 0 Å². The van der Waals surface area contributed by atoms with Gasteiger partial charge in [0.2, 0.25) is 0 Å². The van der Waals surface area contributed by atoms with Gasteiger partial charge in [0.05, 0.1) is 0 Å². The molecule has 0 saturated carbocycles. The van der Waals surface area contributed by atoms with E-state index in [0.717, 1.165) is 26.1 Å². The quantitative estimate of drug-likeness (QED) is 0.736. The molecule has 0 spiro atoms. The third kappa shape index (κ3) is 4.09. The van der Waals surface area contributed by atoms with E-state index >= 15 is 0 Å². The van der Waals surface area contributed by atoms with Gasteiger partial charge in [0.1, 0.15) is 0 Å². The lowest BCUT2D eigenvalue weighted by Crippen LogP contribution is -2.36. The molecule has 0 aromatic carbocycles. The number of hydrogen-bond donors (Lipinski definition) is 1. The van der Waals surface area contributed by atoms with Gasteiger partial charge in [0.15, 0.2) is 0 Å². The van der Waals surface area contributed by atoms with Crippen LogP contribution in [0.5, 0.6) is 0 Å². The molecule has 1 rings (SSSR count). The Morgan fingerprint density at radius 2 is 2.36 bits per heavy atom. The first-order valence-electron chi connectivity index (χ1n) is 5.66. The third-order valence-corrected chi connectivity index (χ3v) is 2.89. The summed E-state index contributed by atoms with van der Waals surface area (Å²) < 4.78 is 0. The largest absolute Gasteiger partial charge is 0.481 e. The highest BCUT2D eigenvalue weighted by atomic mass is 16.4. The molecule has 1 N–H and O–H groups in total. The van der Waals surface area contributed by atoms with Crippen LogP contribution in [0.4, 0.5) is 0 Å². The first-order chi connectivity index (χ1) is 6.72. The molecule has 3 heteroatoms. The SMILES string of the molecule is CCCCN1CCC[C@@H](CC(=O)O)C1. The van der Waals surface area contributed by atoms with Gasteiger partial charge in [-0.25, -0.2) is 0 Å². The van der Waals surface area contributed by atoms with E-state index in [1.165, 1.54) is 19.3 Å². The van der Waals surface area contributed by atoms with Crippen molar-refractivity contribution in [2.75, 3.05) is 19.6 Å². The van der Waals surface area contributed by atoms with Gasteiger partial charge in [-0.2, -0.15) is 0 Å². The van der Waals surface area contributed by atoms with E-state index in [9.17, 15) is 4.79 Å². The zero-order valence-electron chi connectivity index (χ0n) is 9.04. The van der Waals surface area contributed by atoms with Crippen molar-refractivity contribution in [2.45, 2.75) is 39.0 Å². The van der Waals surface area contributed by atoms with Crippen molar-refractivity contribution < 1.29 is 9.90 Å². The zero-order valence-corrected chi connectivity index (χ0v) is 9.04. The summed E-state index contributed by atoms with van der Waals surface area (Å²) in [6, 6.07) is 0. The summed E-state index contributed by atoms with van der Waals surface area (Å²) in [5.41, 5.74) is 0. The molecule has 1 aliphatic rings. The Morgan fingerprint density at radius 3 is 3.00 bits per heavy atom. The second-order valence-corrected chi connectivity index (χ2v) is 4.26. The fraction of sp³-hybridized carbons (Fsp3) is 0.909. The van der Waals surface area contributed by atoms with Crippen LogP contribution in [-0.4, -0.2) is 35.6 Å². The van der Waals surface area contributed by atoms with Crippen LogP contribution in [0.15, 0.2) is 0 Å². The van der Waals surface area contributed by atoms with Gasteiger partial charge >= 0.3 is 5.97 Å². The Labute approximate surface area is 86.1 Å². The molecule has 0 unspecified atom stereocenters. The van der Waals surface area contributed by atoms with Crippen molar-refractivity contribution >= 4 is 5.97 Å². The minimum atomic E-state index is -0.646. The maximum absolute atomic E-state index is 10.6. The highest BCUT2D eigenvalue weighted by molar-refractivity contribution is 5.67. The molecule has 14 heavy (non-hydrogen) atoms. The van der Waals surface area contributed by atoms with E-state index in [2.05, 4.69) is 11.8 Å². The minimum absolute atomic E-state index is 0.350. The first-order valence-corrected chi connectivity index (χ1v) is 5.66. The van der Waals surface area contributed by atoms with Crippen molar-refractivity contribution in [1.29, 1.82) is 0 Å². The molecule has 0 aliphatic carbocycles. The van der Waals surface area contributed by atoms with E-state index in [1.807, 2.05) is 0 Å². The van der Waals surface area contributed by atoms with Gasteiger partial charge in [-0.3, -0.25) is 4.79 Å². The van der Waals surface area contributed by atoms with Crippen molar-refractivity contribution in [3.63, 3.8) is 0 Å². The van der Waals surface area contributed by atoms with Crippen LogP contribution < -0.4 is 0 Å². The summed E-state index contributed by atoms with van der Waals surface area (Å²) in [5, 5.41) is 8.71. The van der Waals surface area contributed by atoms with Crippen LogP contribution in [0.1, 0.15) is 39.0 Å². The Balaban J connectivity index is 2.24. The number of aliphatic carboxylic acids is 1. The van der Waals surface area contributed by atoms with Crippen molar-refractivity contribution in [1.82, 2.24) is 4.90 Å². The molecule has 3 nitrogen and oxygen atoms in total. The Bertz CT molecular complexity index is 182. The minimum Gasteiger partial charge on any atom is -0.481 e. The second-order valence-electron chi connectivity index (χ2n) is 4.26. The number of hydrogen-bond acceptors (Lipinski definition) is 2. The van der Waals surface area contributed by atoms with Crippen molar-refractivity contribution in [3.8, 4) is 0 Å². The van der Waals surface area contributed by atoms with Gasteiger partial charge in [-0.15, -0.1) is 0 Å². The number of carboxylic acid groups (broad SMARTS) is 1. The van der Waals surface area contributed by atoms with Gasteiger partial charge < -0.3 is 10.0 Å². The Hall–Kier alpha value is -0.570. The van der Waals surface area contributed by atoms with Gasteiger partial charge in [-0.1, -0.05) is 13.3 Å². The van der Waals surface area contributed by atoms with Crippen molar-refractivity contribution in [2.24, 2.45) is 5.92 Å². The first kappa shape index (κ1) is 11.5. The zero-order chi connectivity index (χ0) is 10.4. The van der Waals surface area contributed by atoms with E-state index in [0.29, 0.717) is 12.3 Å². The average Bonchev–Trinajstić information content (AvgIpc) is 2.14. The maximum atomic E-state index is 10.6. The normalized spacial score (nSPS) is 23.6. The Morgan fingerprint density at radius 1 is 1.57 bits per heavy atom. The fourth-order valence-corrected chi connectivity index (χ4v) is 2.15. The highest BCUT2D eigenvalue weighted by Gasteiger charge is 2.21. The van der Waals surface area contributed by atoms with Crippen molar-refractivity contribution in [3.05, 3.63) is 0 Å². The molecule has 1 saturated heterocycles. The predicted octanol–water partition coefficient (Wildman–Crippen LogP) is 1.97. The number of piperidine rings is 1. The highest BCUT2D eigenvalue weighted by Crippen LogP contribution is 2.19. The summed E-state index contributed by atoms with van der Waals surface area (Å²) in [6.45, 7) is 5.49. The van der Waals surface area contributed by atoms with Gasteiger partial charge in [0.25, 0.3) is 0 Å². The van der Waals surface area contributed by atoms with Crippen LogP contribution in [-0.2, 0) is 4.79 Å². The standard InChI is InChI=1S/C11H21NO2/c1-2-3-6-12-7-4-5-10(9-12)8-11(13)14/h10H,2-9H2,1H3,(H,13,14)/t10-/m0/s1. The molecular formula is C11H21NO2. The summed E-state index contributed by atoms with van der Waals surface area (Å²) >= 11 is 0. The van der Waals surface area contributed by atoms with E-state index in [-0.39, 0.29) is 0 Å². The molecule has 0 aromatic rings. The van der Waals surface area contributed by atoms with E-state index < -0.39 is 5.97 Å². The monoisotopic (exact) mass is 199 g/mol. The third-order valence-electron chi connectivity index (χ3n) is 2.89. The molecule has 1 atom stereocenters. The summed E-state index contributed by atoms with van der Waals surface area (Å²) in [4.78, 5) is 13.0. The van der Waals surface area contributed by atoms with Gasteiger partial charge in [-0.05, 0) is 38.3 Å². The molecule has 1 heterocycles. The van der Waals surface area contributed by atoms with Crippen LogP contribution in [0.3, 0.4) is 0 Å². The molecule has 82 valence electrons. The maximum Gasteiger partial charge on any atom is 0.303 e. The lowest BCUT2D eigenvalue weighted by Gasteiger charge is -2.31. The number of carbonyl (C=O) groups is 1. The van der Waals surface area contributed by atoms with Crippen LogP contribution >= 0.6 is 0 Å². The number of nitrogens with zero attached hydrogens (tertiary/aromatic N) is 1. The topological polar surface area (TPSA) is 40.5 Å². The Kier molecular flexibility index (Phi) is 4.94. The fourth-order valence-electron chi connectivity index (χ4n) is 2.15. The number of rotatable bonds is 5. The molecule has 0 aromatic heterocycles. The molecule has 1 aliphatic heterocycles. The summed E-state index contributed by atoms with van der Waals surface area (Å²) in [7, 11) is 0. The number of unbranched alkanes of at least 4 members (excludes halogenated alkanes) is 1. The summed E-state index contributed by atoms with van der Waals surface area (Å²) in [5.74, 6) is -0.259. The van der Waals surface area contributed by atoms with E-state index in [4.69, 9.17) is 5.11 Å². The molecule has 0 amide bonds. The second kappa shape index (κ2) is 6.02. The lowest BCUT2D eigenvalue weighted by molar-refractivity contribution is -0.138. The van der Waals surface area contributed by atoms with Crippen LogP contribution in [0.2, 0.25) is 0 Å². The van der Waals surface area contributed by atoms with E-state index in [1.54, 1.807) is 0 Å². The molecule has 0 radical (unpaired) electrons. The van der Waals surface area contributed by atoms with Crippen LogP contribution in [0, 0.1) is 5.92 Å². The smallest absolute Gasteiger partial charge is 0.303 e. The number of likely N-dealkylation sites (tertiary alicyclic amines) is 1. The number of carboxylic acids is 1. The molecular weight excluding hydrogens is 178 g/mol. The summed E-state index contributed by atoms with van der Waals surface area (Å²) in [6.07, 6.45) is 5.07. The molecule has 0 bridgehead atoms. The average molecular weight is 199 g/mol. The lowest BCUT2D eigenvalue weighted by atomic mass is 9.95. The predicted molar refractivity (Wildman–Crippen MR) is 56.3 cm³/mol. The molecule has 1 fully saturated rings. The van der Waals surface area contributed by atoms with Gasteiger partial charge in [0, 0.05) is 13.0 Å².